The monoisotopic (exact) mass is 283 g/mol. The summed E-state index contributed by atoms with van der Waals surface area (Å²) in [6.07, 6.45) is 0. The van der Waals surface area contributed by atoms with Gasteiger partial charge in [-0.05, 0) is 23.8 Å². The van der Waals surface area contributed by atoms with Crippen LogP contribution < -0.4 is 11.1 Å². The van der Waals surface area contributed by atoms with E-state index in [1.165, 1.54) is 4.90 Å². The largest absolute Gasteiger partial charge is 0.399 e. The number of benzene rings is 1. The van der Waals surface area contributed by atoms with E-state index in [1.54, 1.807) is 12.1 Å². The number of carbonyl (C=O) groups is 2. The first-order chi connectivity index (χ1) is 7.56. The average Bonchev–Trinajstić information content (AvgIpc) is 2.48. The summed E-state index contributed by atoms with van der Waals surface area (Å²) in [5.74, 6) is -0.219. The molecule has 1 heterocycles. The van der Waals surface area contributed by atoms with Crippen LogP contribution >= 0.6 is 15.9 Å². The Morgan fingerprint density at radius 1 is 1.38 bits per heavy atom. The lowest BCUT2D eigenvalue weighted by Gasteiger charge is -2.12. The molecular weight excluding hydrogens is 274 g/mol. The third-order valence-electron chi connectivity index (χ3n) is 2.26. The van der Waals surface area contributed by atoms with E-state index in [1.807, 2.05) is 6.07 Å². The highest BCUT2D eigenvalue weighted by molar-refractivity contribution is 9.10. The van der Waals surface area contributed by atoms with Crippen LogP contribution in [-0.4, -0.2) is 23.4 Å². The second-order valence-electron chi connectivity index (χ2n) is 3.53. The van der Waals surface area contributed by atoms with Crippen molar-refractivity contribution in [2.75, 3.05) is 12.3 Å². The highest BCUT2D eigenvalue weighted by atomic mass is 79.9. The number of hydrogen-bond acceptors (Lipinski definition) is 3. The van der Waals surface area contributed by atoms with E-state index in [0.717, 1.165) is 10.0 Å². The molecule has 0 bridgehead atoms. The number of rotatable bonds is 2. The number of halogens is 1. The fourth-order valence-electron chi connectivity index (χ4n) is 1.56. The molecule has 0 radical (unpaired) electrons. The predicted octanol–water partition coefficient (Wildman–Crippen LogP) is 1.08. The van der Waals surface area contributed by atoms with Crippen molar-refractivity contribution in [2.45, 2.75) is 6.54 Å². The van der Waals surface area contributed by atoms with Gasteiger partial charge in [0, 0.05) is 10.2 Å². The van der Waals surface area contributed by atoms with E-state index < -0.39 is 0 Å². The summed E-state index contributed by atoms with van der Waals surface area (Å²) in [6.45, 7) is 0.316. The van der Waals surface area contributed by atoms with Gasteiger partial charge in [0.05, 0.1) is 13.1 Å². The molecular formula is C10H10BrN3O2. The van der Waals surface area contributed by atoms with E-state index >= 15 is 0 Å². The Kier molecular flexibility index (Phi) is 2.82. The van der Waals surface area contributed by atoms with Gasteiger partial charge in [0.15, 0.2) is 0 Å². The Balaban J connectivity index is 2.20. The van der Waals surface area contributed by atoms with E-state index in [-0.39, 0.29) is 25.0 Å². The molecule has 6 heteroatoms. The van der Waals surface area contributed by atoms with Crippen LogP contribution in [0.4, 0.5) is 10.5 Å². The van der Waals surface area contributed by atoms with Crippen molar-refractivity contribution in [1.29, 1.82) is 0 Å². The van der Waals surface area contributed by atoms with Crippen LogP contribution in [0.5, 0.6) is 0 Å². The lowest BCUT2D eigenvalue weighted by molar-refractivity contribution is -0.125. The molecule has 16 heavy (non-hydrogen) atoms. The van der Waals surface area contributed by atoms with Gasteiger partial charge in [-0.15, -0.1) is 0 Å². The van der Waals surface area contributed by atoms with Crippen LogP contribution in [-0.2, 0) is 11.3 Å². The zero-order valence-electron chi connectivity index (χ0n) is 8.37. The number of anilines is 1. The Labute approximate surface area is 101 Å². The van der Waals surface area contributed by atoms with Gasteiger partial charge in [0.2, 0.25) is 5.91 Å². The highest BCUT2D eigenvalue weighted by Crippen LogP contribution is 2.19. The summed E-state index contributed by atoms with van der Waals surface area (Å²) in [7, 11) is 0. The molecule has 1 aromatic carbocycles. The standard InChI is InChI=1S/C10H10BrN3O2/c11-7-1-6(2-8(12)3-7)5-14-9(15)4-13-10(14)16/h1-3H,4-5,12H2,(H,13,16). The van der Waals surface area contributed by atoms with Crippen LogP contribution in [0.3, 0.4) is 0 Å². The molecule has 0 atom stereocenters. The van der Waals surface area contributed by atoms with Crippen molar-refractivity contribution in [2.24, 2.45) is 0 Å². The smallest absolute Gasteiger partial charge is 0.324 e. The van der Waals surface area contributed by atoms with E-state index in [4.69, 9.17) is 5.73 Å². The molecule has 0 spiro atoms. The van der Waals surface area contributed by atoms with Crippen LogP contribution in [0.2, 0.25) is 0 Å². The summed E-state index contributed by atoms with van der Waals surface area (Å²) < 4.78 is 0.828. The van der Waals surface area contributed by atoms with Gasteiger partial charge in [0.1, 0.15) is 0 Å². The normalized spacial score (nSPS) is 15.4. The third-order valence-corrected chi connectivity index (χ3v) is 2.72. The summed E-state index contributed by atoms with van der Waals surface area (Å²) in [4.78, 5) is 23.8. The fraction of sp³-hybridized carbons (Fsp3) is 0.200. The number of nitrogens with one attached hydrogen (secondary N) is 1. The number of nitrogen functional groups attached to an aromatic ring is 1. The molecule has 0 saturated carbocycles. The fourth-order valence-corrected chi connectivity index (χ4v) is 2.12. The van der Waals surface area contributed by atoms with Gasteiger partial charge in [0.25, 0.3) is 0 Å². The first-order valence-corrected chi connectivity index (χ1v) is 5.49. The second kappa shape index (κ2) is 4.13. The quantitative estimate of drug-likeness (QED) is 0.630. The van der Waals surface area contributed by atoms with Gasteiger partial charge in [-0.3, -0.25) is 9.69 Å². The Morgan fingerprint density at radius 2 is 2.12 bits per heavy atom. The first-order valence-electron chi connectivity index (χ1n) is 4.69. The Morgan fingerprint density at radius 3 is 2.69 bits per heavy atom. The zero-order valence-corrected chi connectivity index (χ0v) is 9.95. The maximum atomic E-state index is 11.4. The third kappa shape index (κ3) is 2.16. The first kappa shape index (κ1) is 10.9. The maximum Gasteiger partial charge on any atom is 0.324 e. The van der Waals surface area contributed by atoms with Crippen molar-refractivity contribution < 1.29 is 9.59 Å². The summed E-state index contributed by atoms with van der Waals surface area (Å²) in [5, 5.41) is 2.46. The molecule has 0 aliphatic carbocycles. The molecule has 3 N–H and O–H groups in total. The van der Waals surface area contributed by atoms with Crippen molar-refractivity contribution in [3.05, 3.63) is 28.2 Å². The number of carbonyl (C=O) groups excluding carboxylic acids is 2. The van der Waals surface area contributed by atoms with Crippen molar-refractivity contribution in [3.8, 4) is 0 Å². The van der Waals surface area contributed by atoms with Gasteiger partial charge in [-0.1, -0.05) is 15.9 Å². The van der Waals surface area contributed by atoms with Crippen LogP contribution in [0.15, 0.2) is 22.7 Å². The molecule has 1 aliphatic heterocycles. The highest BCUT2D eigenvalue weighted by Gasteiger charge is 2.28. The molecule has 1 aromatic rings. The van der Waals surface area contributed by atoms with Gasteiger partial charge < -0.3 is 11.1 Å². The van der Waals surface area contributed by atoms with E-state index in [2.05, 4.69) is 21.2 Å². The van der Waals surface area contributed by atoms with Gasteiger partial charge in [-0.25, -0.2) is 4.79 Å². The van der Waals surface area contributed by atoms with E-state index in [9.17, 15) is 9.59 Å². The number of urea groups is 1. The molecule has 84 valence electrons. The lowest BCUT2D eigenvalue weighted by Crippen LogP contribution is -2.30. The number of amides is 3. The maximum absolute atomic E-state index is 11.4. The summed E-state index contributed by atoms with van der Waals surface area (Å²) in [6, 6.07) is 4.97. The van der Waals surface area contributed by atoms with Crippen LogP contribution in [0.25, 0.3) is 0 Å². The van der Waals surface area contributed by atoms with Crippen molar-refractivity contribution >= 4 is 33.6 Å². The SMILES string of the molecule is Nc1cc(Br)cc(CN2C(=O)CNC2=O)c1. The molecule has 2 rings (SSSR count). The number of nitrogens with zero attached hydrogens (tertiary/aromatic N) is 1. The average molecular weight is 284 g/mol. The minimum Gasteiger partial charge on any atom is -0.399 e. The van der Waals surface area contributed by atoms with E-state index in [0.29, 0.717) is 5.69 Å². The predicted molar refractivity (Wildman–Crippen MR) is 62.5 cm³/mol. The number of hydrogen-bond donors (Lipinski definition) is 2. The summed E-state index contributed by atoms with van der Waals surface area (Å²) >= 11 is 3.31. The van der Waals surface area contributed by atoms with Gasteiger partial charge in [-0.2, -0.15) is 0 Å². The van der Waals surface area contributed by atoms with Crippen molar-refractivity contribution in [1.82, 2.24) is 10.2 Å². The molecule has 1 saturated heterocycles. The Bertz CT molecular complexity index is 425. The second-order valence-corrected chi connectivity index (χ2v) is 4.45. The minimum absolute atomic E-state index is 0.0717. The minimum atomic E-state index is -0.358. The van der Waals surface area contributed by atoms with Crippen LogP contribution in [0, 0.1) is 0 Å². The number of imide groups is 1. The molecule has 1 fully saturated rings. The van der Waals surface area contributed by atoms with Crippen LogP contribution in [0.1, 0.15) is 5.56 Å². The summed E-state index contributed by atoms with van der Waals surface area (Å²) in [5.41, 5.74) is 7.08. The molecule has 0 unspecified atom stereocenters. The van der Waals surface area contributed by atoms with Gasteiger partial charge >= 0.3 is 6.03 Å². The zero-order chi connectivity index (χ0) is 11.7. The Hall–Kier alpha value is -1.56. The topological polar surface area (TPSA) is 75.4 Å². The number of nitrogens with two attached hydrogens (primary N) is 1. The molecule has 5 nitrogen and oxygen atoms in total. The molecule has 3 amide bonds. The molecule has 0 aromatic heterocycles. The van der Waals surface area contributed by atoms with Crippen molar-refractivity contribution in [3.63, 3.8) is 0 Å². The lowest BCUT2D eigenvalue weighted by atomic mass is 10.2. The molecule has 1 aliphatic rings.